The van der Waals surface area contributed by atoms with Gasteiger partial charge in [-0.2, -0.15) is 0 Å². The number of aliphatic hydroxyl groups excluding tert-OH is 1. The van der Waals surface area contributed by atoms with Crippen LogP contribution in [0.2, 0.25) is 0 Å². The number of nitrogens with one attached hydrogen (secondary N) is 1. The van der Waals surface area contributed by atoms with Crippen LogP contribution in [0.4, 0.5) is 0 Å². The highest BCUT2D eigenvalue weighted by Crippen LogP contribution is 2.25. The van der Waals surface area contributed by atoms with E-state index in [9.17, 15) is 5.11 Å². The van der Waals surface area contributed by atoms with Crippen LogP contribution in [0.15, 0.2) is 0 Å². The second kappa shape index (κ2) is 7.29. The van der Waals surface area contributed by atoms with E-state index in [1.165, 1.54) is 32.1 Å². The molecule has 0 bridgehead atoms. The van der Waals surface area contributed by atoms with Crippen molar-refractivity contribution in [3.63, 3.8) is 0 Å². The van der Waals surface area contributed by atoms with Crippen molar-refractivity contribution in [1.29, 1.82) is 0 Å². The smallest absolute Gasteiger partial charge is 0.0613 e. The highest BCUT2D eigenvalue weighted by molar-refractivity contribution is 4.90. The fourth-order valence-corrected chi connectivity index (χ4v) is 3.11. The molecule has 0 aliphatic heterocycles. The standard InChI is InChI=1S/C14H29NO/c1-3-10-14(12-16,11-4-2)15-13-8-6-5-7-9-13/h13,15-16H,3-12H2,1-2H3. The van der Waals surface area contributed by atoms with E-state index in [4.69, 9.17) is 0 Å². The maximum absolute atomic E-state index is 9.71. The first-order valence-electron chi connectivity index (χ1n) is 7.15. The molecule has 2 N–H and O–H groups in total. The molecule has 0 aromatic heterocycles. The summed E-state index contributed by atoms with van der Waals surface area (Å²) in [5.74, 6) is 0. The highest BCUT2D eigenvalue weighted by atomic mass is 16.3. The maximum Gasteiger partial charge on any atom is 0.0613 e. The van der Waals surface area contributed by atoms with Gasteiger partial charge in [0.25, 0.3) is 0 Å². The van der Waals surface area contributed by atoms with Gasteiger partial charge in [0.05, 0.1) is 6.61 Å². The third kappa shape index (κ3) is 4.06. The predicted octanol–water partition coefficient (Wildman–Crippen LogP) is 3.24. The van der Waals surface area contributed by atoms with Crippen molar-refractivity contribution in [2.75, 3.05) is 6.61 Å². The molecule has 0 radical (unpaired) electrons. The Morgan fingerprint density at radius 3 is 2.06 bits per heavy atom. The predicted molar refractivity (Wildman–Crippen MR) is 69.6 cm³/mol. The van der Waals surface area contributed by atoms with Gasteiger partial charge in [0.2, 0.25) is 0 Å². The van der Waals surface area contributed by atoms with Crippen LogP contribution in [-0.2, 0) is 0 Å². The Kier molecular flexibility index (Phi) is 6.37. The SMILES string of the molecule is CCCC(CO)(CCC)NC1CCCCC1. The van der Waals surface area contributed by atoms with E-state index in [0.29, 0.717) is 12.6 Å². The van der Waals surface area contributed by atoms with Crippen LogP contribution in [0.1, 0.15) is 71.6 Å². The molecule has 96 valence electrons. The number of aliphatic hydroxyl groups is 1. The van der Waals surface area contributed by atoms with E-state index in [1.807, 2.05) is 0 Å². The Hall–Kier alpha value is -0.0800. The summed E-state index contributed by atoms with van der Waals surface area (Å²) in [7, 11) is 0. The average Bonchev–Trinajstić information content (AvgIpc) is 2.31. The lowest BCUT2D eigenvalue weighted by molar-refractivity contribution is 0.118. The van der Waals surface area contributed by atoms with Crippen molar-refractivity contribution in [3.8, 4) is 0 Å². The summed E-state index contributed by atoms with van der Waals surface area (Å²) < 4.78 is 0. The van der Waals surface area contributed by atoms with Crippen LogP contribution in [0.3, 0.4) is 0 Å². The van der Waals surface area contributed by atoms with Crippen molar-refractivity contribution in [2.45, 2.75) is 83.2 Å². The van der Waals surface area contributed by atoms with Crippen molar-refractivity contribution < 1.29 is 5.11 Å². The zero-order valence-electron chi connectivity index (χ0n) is 11.1. The van der Waals surface area contributed by atoms with Gasteiger partial charge in [0, 0.05) is 11.6 Å². The minimum Gasteiger partial charge on any atom is -0.394 e. The van der Waals surface area contributed by atoms with Gasteiger partial charge in [0.1, 0.15) is 0 Å². The lowest BCUT2D eigenvalue weighted by Crippen LogP contribution is -2.53. The third-order valence-corrected chi connectivity index (χ3v) is 3.88. The van der Waals surface area contributed by atoms with Crippen molar-refractivity contribution >= 4 is 0 Å². The maximum atomic E-state index is 9.71. The van der Waals surface area contributed by atoms with Crippen LogP contribution in [0.5, 0.6) is 0 Å². The molecule has 0 heterocycles. The summed E-state index contributed by atoms with van der Waals surface area (Å²) in [6.07, 6.45) is 11.2. The van der Waals surface area contributed by atoms with Gasteiger partial charge in [-0.15, -0.1) is 0 Å². The lowest BCUT2D eigenvalue weighted by atomic mass is 9.86. The Balaban J connectivity index is 2.52. The lowest BCUT2D eigenvalue weighted by Gasteiger charge is -2.38. The van der Waals surface area contributed by atoms with E-state index in [2.05, 4.69) is 19.2 Å². The van der Waals surface area contributed by atoms with Crippen molar-refractivity contribution in [3.05, 3.63) is 0 Å². The summed E-state index contributed by atoms with van der Waals surface area (Å²) in [5.41, 5.74) is 0.00546. The van der Waals surface area contributed by atoms with E-state index >= 15 is 0 Å². The Morgan fingerprint density at radius 1 is 1.06 bits per heavy atom. The van der Waals surface area contributed by atoms with Gasteiger partial charge in [-0.05, 0) is 25.7 Å². The quantitative estimate of drug-likeness (QED) is 0.700. The monoisotopic (exact) mass is 227 g/mol. The highest BCUT2D eigenvalue weighted by Gasteiger charge is 2.30. The molecule has 0 unspecified atom stereocenters. The summed E-state index contributed by atoms with van der Waals surface area (Å²) in [6, 6.07) is 0.652. The van der Waals surface area contributed by atoms with Crippen LogP contribution in [0, 0.1) is 0 Å². The summed E-state index contributed by atoms with van der Waals surface area (Å²) in [6.45, 7) is 4.72. The van der Waals surface area contributed by atoms with Gasteiger partial charge in [-0.3, -0.25) is 0 Å². The molecule has 0 aromatic carbocycles. The van der Waals surface area contributed by atoms with Gasteiger partial charge in [-0.25, -0.2) is 0 Å². The van der Waals surface area contributed by atoms with E-state index in [1.54, 1.807) is 0 Å². The first kappa shape index (κ1) is 14.0. The molecule has 0 atom stereocenters. The van der Waals surface area contributed by atoms with Crippen LogP contribution in [0.25, 0.3) is 0 Å². The molecular weight excluding hydrogens is 198 g/mol. The van der Waals surface area contributed by atoms with Gasteiger partial charge >= 0.3 is 0 Å². The third-order valence-electron chi connectivity index (χ3n) is 3.88. The van der Waals surface area contributed by atoms with Crippen molar-refractivity contribution in [2.24, 2.45) is 0 Å². The molecule has 16 heavy (non-hydrogen) atoms. The summed E-state index contributed by atoms with van der Waals surface area (Å²) >= 11 is 0. The molecule has 2 heteroatoms. The summed E-state index contributed by atoms with van der Waals surface area (Å²) in [4.78, 5) is 0. The largest absolute Gasteiger partial charge is 0.394 e. The average molecular weight is 227 g/mol. The molecule has 1 fully saturated rings. The van der Waals surface area contributed by atoms with Crippen LogP contribution >= 0.6 is 0 Å². The van der Waals surface area contributed by atoms with Crippen molar-refractivity contribution in [1.82, 2.24) is 5.32 Å². The minimum atomic E-state index is 0.00546. The second-order valence-electron chi connectivity index (χ2n) is 5.42. The fourth-order valence-electron chi connectivity index (χ4n) is 3.11. The molecule has 1 saturated carbocycles. The molecule has 0 aromatic rings. The van der Waals surface area contributed by atoms with E-state index in [0.717, 1.165) is 25.7 Å². The Bertz CT molecular complexity index is 170. The molecule has 0 spiro atoms. The van der Waals surface area contributed by atoms with Crippen LogP contribution < -0.4 is 5.32 Å². The topological polar surface area (TPSA) is 32.3 Å². The first-order chi connectivity index (χ1) is 7.76. The molecule has 0 saturated heterocycles. The van der Waals surface area contributed by atoms with Gasteiger partial charge in [0.15, 0.2) is 0 Å². The van der Waals surface area contributed by atoms with Gasteiger partial charge < -0.3 is 10.4 Å². The van der Waals surface area contributed by atoms with E-state index < -0.39 is 0 Å². The molecule has 2 nitrogen and oxygen atoms in total. The molecule has 1 aliphatic carbocycles. The Labute approximate surface area is 101 Å². The fraction of sp³-hybridized carbons (Fsp3) is 1.00. The molecule has 1 aliphatic rings. The molecule has 1 rings (SSSR count). The first-order valence-corrected chi connectivity index (χ1v) is 7.15. The molecule has 0 amide bonds. The summed E-state index contributed by atoms with van der Waals surface area (Å²) in [5, 5.41) is 13.5. The number of hydrogen-bond donors (Lipinski definition) is 2. The zero-order chi connectivity index (χ0) is 11.9. The van der Waals surface area contributed by atoms with E-state index in [-0.39, 0.29) is 5.54 Å². The number of hydrogen-bond acceptors (Lipinski definition) is 2. The van der Waals surface area contributed by atoms with Crippen LogP contribution in [-0.4, -0.2) is 23.3 Å². The second-order valence-corrected chi connectivity index (χ2v) is 5.42. The number of rotatable bonds is 7. The molecular formula is C14H29NO. The Morgan fingerprint density at radius 2 is 1.62 bits per heavy atom. The minimum absolute atomic E-state index is 0.00546. The normalized spacial score (nSPS) is 18.9. The van der Waals surface area contributed by atoms with Gasteiger partial charge in [-0.1, -0.05) is 46.0 Å². The zero-order valence-corrected chi connectivity index (χ0v) is 11.1.